The number of aliphatic hydroxyl groups excluding tert-OH is 4. The first kappa shape index (κ1) is 16.1. The number of hydrogen-bond acceptors (Lipinski definition) is 8. The number of rotatable bonds is 3. The predicted molar refractivity (Wildman–Crippen MR) is 64.6 cm³/mol. The molecule has 0 radical (unpaired) electrons. The first-order valence-corrected chi connectivity index (χ1v) is 6.59. The molecule has 4 N–H and O–H groups in total. The highest BCUT2D eigenvalue weighted by Crippen LogP contribution is 2.25. The van der Waals surface area contributed by atoms with Crippen LogP contribution in [0.5, 0.6) is 0 Å². The fraction of sp³-hybridized carbons (Fsp3) is 1.00. The van der Waals surface area contributed by atoms with Crippen molar-refractivity contribution in [2.24, 2.45) is 5.92 Å². The third kappa shape index (κ3) is 3.12. The van der Waals surface area contributed by atoms with Crippen molar-refractivity contribution in [3.63, 3.8) is 0 Å². The molecule has 0 aromatic rings. The fourth-order valence-electron chi connectivity index (χ4n) is 2.33. The second-order valence-electron chi connectivity index (χ2n) is 5.25. The van der Waals surface area contributed by atoms with Crippen molar-refractivity contribution in [1.82, 2.24) is 0 Å². The molecule has 118 valence electrons. The summed E-state index contributed by atoms with van der Waals surface area (Å²) >= 11 is 0. The first-order valence-electron chi connectivity index (χ1n) is 6.59. The van der Waals surface area contributed by atoms with Crippen molar-refractivity contribution in [3.8, 4) is 0 Å². The Morgan fingerprint density at radius 2 is 1.45 bits per heavy atom. The molecule has 0 aliphatic carbocycles. The molecular formula is C12H22O8. The van der Waals surface area contributed by atoms with Gasteiger partial charge >= 0.3 is 0 Å². The lowest BCUT2D eigenvalue weighted by atomic mass is 9.97. The van der Waals surface area contributed by atoms with Gasteiger partial charge in [-0.1, -0.05) is 6.92 Å². The summed E-state index contributed by atoms with van der Waals surface area (Å²) in [5.41, 5.74) is 0. The molecule has 20 heavy (non-hydrogen) atoms. The maximum atomic E-state index is 9.94. The minimum Gasteiger partial charge on any atom is -0.390 e. The van der Waals surface area contributed by atoms with E-state index in [1.807, 2.05) is 0 Å². The minimum atomic E-state index is -1.26. The molecular weight excluding hydrogens is 272 g/mol. The van der Waals surface area contributed by atoms with Crippen LogP contribution >= 0.6 is 0 Å². The summed E-state index contributed by atoms with van der Waals surface area (Å²) in [5, 5.41) is 39.4. The summed E-state index contributed by atoms with van der Waals surface area (Å²) in [5.74, 6) is -0.208. The van der Waals surface area contributed by atoms with E-state index in [4.69, 9.17) is 18.9 Å². The molecule has 2 fully saturated rings. The van der Waals surface area contributed by atoms with Gasteiger partial charge in [-0.2, -0.15) is 0 Å². The first-order chi connectivity index (χ1) is 9.45. The van der Waals surface area contributed by atoms with Gasteiger partial charge in [0.25, 0.3) is 0 Å². The molecule has 0 saturated carbocycles. The van der Waals surface area contributed by atoms with Crippen LogP contribution < -0.4 is 0 Å². The van der Waals surface area contributed by atoms with Crippen LogP contribution in [0.25, 0.3) is 0 Å². The standard InChI is InChI=1S/C12H22O8/c1-5-3-18-12(9(15)7(5)13)20-6-4-19-11(17-2)10(16)8(6)14/h5-16H,3-4H2,1-2H3/t5-,6+,7?,8?,9?,10?,11?,12?/m1/s1. The molecule has 2 aliphatic heterocycles. The van der Waals surface area contributed by atoms with Crippen LogP contribution in [-0.2, 0) is 18.9 Å². The topological polar surface area (TPSA) is 118 Å². The van der Waals surface area contributed by atoms with Gasteiger partial charge in [0.15, 0.2) is 12.6 Å². The summed E-state index contributed by atoms with van der Waals surface area (Å²) in [6, 6.07) is 0. The average molecular weight is 294 g/mol. The van der Waals surface area contributed by atoms with Gasteiger partial charge in [0.1, 0.15) is 24.4 Å². The number of hydrogen-bond donors (Lipinski definition) is 4. The Bertz CT molecular complexity index is 314. The van der Waals surface area contributed by atoms with Gasteiger partial charge in [-0.25, -0.2) is 0 Å². The molecule has 0 aromatic heterocycles. The van der Waals surface area contributed by atoms with Crippen LogP contribution in [0.2, 0.25) is 0 Å². The van der Waals surface area contributed by atoms with Crippen molar-refractivity contribution in [2.45, 2.75) is 50.0 Å². The zero-order valence-corrected chi connectivity index (χ0v) is 11.5. The lowest BCUT2D eigenvalue weighted by Crippen LogP contribution is -2.58. The molecule has 8 nitrogen and oxygen atoms in total. The molecule has 2 saturated heterocycles. The lowest BCUT2D eigenvalue weighted by Gasteiger charge is -2.41. The highest BCUT2D eigenvalue weighted by Gasteiger charge is 2.44. The van der Waals surface area contributed by atoms with E-state index in [0.29, 0.717) is 0 Å². The van der Waals surface area contributed by atoms with E-state index in [1.165, 1.54) is 7.11 Å². The van der Waals surface area contributed by atoms with Gasteiger partial charge in [0.2, 0.25) is 0 Å². The van der Waals surface area contributed by atoms with E-state index in [-0.39, 0.29) is 19.1 Å². The van der Waals surface area contributed by atoms with Crippen molar-refractivity contribution >= 4 is 0 Å². The molecule has 2 aliphatic rings. The van der Waals surface area contributed by atoms with Gasteiger partial charge in [-0.05, 0) is 0 Å². The minimum absolute atomic E-state index is 0.0189. The lowest BCUT2D eigenvalue weighted by molar-refractivity contribution is -0.322. The molecule has 2 rings (SSSR count). The summed E-state index contributed by atoms with van der Waals surface area (Å²) < 4.78 is 20.8. The zero-order valence-electron chi connectivity index (χ0n) is 11.5. The smallest absolute Gasteiger partial charge is 0.186 e. The number of aliphatic hydroxyl groups is 4. The normalized spacial score (nSPS) is 50.1. The van der Waals surface area contributed by atoms with Gasteiger partial charge < -0.3 is 39.4 Å². The molecule has 8 atom stereocenters. The fourth-order valence-corrected chi connectivity index (χ4v) is 2.33. The zero-order chi connectivity index (χ0) is 14.9. The Balaban J connectivity index is 1.93. The van der Waals surface area contributed by atoms with E-state index in [0.717, 1.165) is 0 Å². The van der Waals surface area contributed by atoms with Crippen LogP contribution in [0.15, 0.2) is 0 Å². The second-order valence-corrected chi connectivity index (χ2v) is 5.25. The summed E-state index contributed by atoms with van der Waals surface area (Å²) in [6.07, 6.45) is -7.56. The van der Waals surface area contributed by atoms with E-state index in [9.17, 15) is 20.4 Å². The van der Waals surface area contributed by atoms with Crippen molar-refractivity contribution in [2.75, 3.05) is 20.3 Å². The third-order valence-corrected chi connectivity index (χ3v) is 3.71. The molecule has 0 bridgehead atoms. The van der Waals surface area contributed by atoms with Gasteiger partial charge in [0, 0.05) is 13.0 Å². The largest absolute Gasteiger partial charge is 0.390 e. The van der Waals surface area contributed by atoms with Crippen molar-refractivity contribution < 1.29 is 39.4 Å². The average Bonchev–Trinajstić information content (AvgIpc) is 2.44. The molecule has 6 unspecified atom stereocenters. The molecule has 2 heterocycles. The Morgan fingerprint density at radius 3 is 2.10 bits per heavy atom. The van der Waals surface area contributed by atoms with Crippen molar-refractivity contribution in [1.29, 1.82) is 0 Å². The van der Waals surface area contributed by atoms with Crippen LogP contribution in [0.4, 0.5) is 0 Å². The summed E-state index contributed by atoms with van der Waals surface area (Å²) in [7, 11) is 1.35. The monoisotopic (exact) mass is 294 g/mol. The van der Waals surface area contributed by atoms with Gasteiger partial charge in [-0.3, -0.25) is 0 Å². The Kier molecular flexibility index (Phi) is 5.32. The third-order valence-electron chi connectivity index (χ3n) is 3.71. The molecule has 0 amide bonds. The molecule has 0 spiro atoms. The van der Waals surface area contributed by atoms with E-state index in [1.54, 1.807) is 6.92 Å². The Labute approximate surface area is 116 Å². The van der Waals surface area contributed by atoms with Crippen LogP contribution in [0.3, 0.4) is 0 Å². The van der Waals surface area contributed by atoms with Gasteiger partial charge in [-0.15, -0.1) is 0 Å². The Morgan fingerprint density at radius 1 is 0.850 bits per heavy atom. The van der Waals surface area contributed by atoms with E-state index < -0.39 is 43.1 Å². The van der Waals surface area contributed by atoms with Gasteiger partial charge in [0.05, 0.1) is 19.3 Å². The van der Waals surface area contributed by atoms with Crippen molar-refractivity contribution in [3.05, 3.63) is 0 Å². The van der Waals surface area contributed by atoms with Crippen LogP contribution in [0.1, 0.15) is 6.92 Å². The quantitative estimate of drug-likeness (QED) is 0.464. The number of methoxy groups -OCH3 is 1. The van der Waals surface area contributed by atoms with Crippen LogP contribution in [-0.4, -0.2) is 83.8 Å². The predicted octanol–water partition coefficient (Wildman–Crippen LogP) is -2.19. The van der Waals surface area contributed by atoms with E-state index >= 15 is 0 Å². The summed E-state index contributed by atoms with van der Waals surface area (Å²) in [4.78, 5) is 0. The number of ether oxygens (including phenoxy) is 4. The highest BCUT2D eigenvalue weighted by molar-refractivity contribution is 4.86. The Hall–Kier alpha value is -0.320. The molecule has 8 heteroatoms. The molecule has 0 aromatic carbocycles. The summed E-state index contributed by atoms with van der Waals surface area (Å²) in [6.45, 7) is 1.96. The maximum Gasteiger partial charge on any atom is 0.186 e. The maximum absolute atomic E-state index is 9.94. The second kappa shape index (κ2) is 6.63. The highest BCUT2D eigenvalue weighted by atomic mass is 16.7. The van der Waals surface area contributed by atoms with E-state index in [2.05, 4.69) is 0 Å². The van der Waals surface area contributed by atoms with Crippen LogP contribution in [0, 0.1) is 5.92 Å². The SMILES string of the molecule is COC1OC[C@H](OC2OC[C@@H](C)C(O)C2O)C(O)C1O.